The van der Waals surface area contributed by atoms with E-state index in [9.17, 15) is 9.90 Å². The number of aliphatic hydroxyl groups excluding tert-OH is 1. The van der Waals surface area contributed by atoms with Crippen molar-refractivity contribution < 1.29 is 14.6 Å². The van der Waals surface area contributed by atoms with E-state index in [0.717, 1.165) is 38.2 Å². The molecule has 2 aromatic rings. The lowest BCUT2D eigenvalue weighted by Crippen LogP contribution is -2.61. The average molecular weight is 435 g/mol. The molecule has 0 bridgehead atoms. The molecule has 0 radical (unpaired) electrons. The number of carbonyl (C=O) groups is 1. The Morgan fingerprint density at radius 2 is 2.06 bits per heavy atom. The van der Waals surface area contributed by atoms with Crippen LogP contribution in [0, 0.1) is 5.92 Å². The van der Waals surface area contributed by atoms with Crippen LogP contribution >= 0.6 is 0 Å². The number of nitrogens with zero attached hydrogens (tertiary/aromatic N) is 2. The van der Waals surface area contributed by atoms with E-state index in [1.54, 1.807) is 7.11 Å². The van der Waals surface area contributed by atoms with Crippen molar-refractivity contribution in [3.8, 4) is 5.75 Å². The van der Waals surface area contributed by atoms with Gasteiger partial charge >= 0.3 is 0 Å². The fourth-order valence-corrected chi connectivity index (χ4v) is 5.78. The molecule has 2 aliphatic rings. The van der Waals surface area contributed by atoms with Crippen LogP contribution in [0.4, 0.5) is 0 Å². The Bertz CT molecular complexity index is 947. The highest BCUT2D eigenvalue weighted by atomic mass is 16.5. The fraction of sp³-hybridized carbons (Fsp3) is 0.444. The molecule has 0 spiro atoms. The summed E-state index contributed by atoms with van der Waals surface area (Å²) < 4.78 is 5.53. The Kier molecular flexibility index (Phi) is 6.68. The standard InChI is InChI=1S/C27H34N2O3/c1-4-14-29-15-13-27(21-11-8-12-23(16-21)32-3)18-22(17-25(30)24(27)19-29)28(2)26(31)20-9-6-5-7-10-20/h4-12,16,22,24-25,30H,1,13-15,17-19H2,2-3H3/t22-,24?,25?,27?/m1/s1. The lowest BCUT2D eigenvalue weighted by molar-refractivity contribution is -0.0591. The highest BCUT2D eigenvalue weighted by molar-refractivity contribution is 5.94. The maximum absolute atomic E-state index is 13.2. The second-order valence-electron chi connectivity index (χ2n) is 9.24. The Balaban J connectivity index is 1.68. The highest BCUT2D eigenvalue weighted by Gasteiger charge is 2.52. The zero-order valence-corrected chi connectivity index (χ0v) is 19.1. The van der Waals surface area contributed by atoms with Crippen LogP contribution in [0.2, 0.25) is 0 Å². The van der Waals surface area contributed by atoms with Gasteiger partial charge in [-0.15, -0.1) is 6.58 Å². The molecule has 5 nitrogen and oxygen atoms in total. The topological polar surface area (TPSA) is 53.0 Å². The summed E-state index contributed by atoms with van der Waals surface area (Å²) in [4.78, 5) is 17.4. The number of benzene rings is 2. The van der Waals surface area contributed by atoms with Crippen LogP contribution in [-0.4, -0.2) is 66.8 Å². The highest BCUT2D eigenvalue weighted by Crippen LogP contribution is 2.50. The molecule has 3 unspecified atom stereocenters. The molecule has 32 heavy (non-hydrogen) atoms. The molecule has 4 rings (SSSR count). The van der Waals surface area contributed by atoms with Gasteiger partial charge in [-0.2, -0.15) is 0 Å². The van der Waals surface area contributed by atoms with Crippen molar-refractivity contribution in [2.45, 2.75) is 36.8 Å². The zero-order chi connectivity index (χ0) is 22.7. The molecule has 0 aromatic heterocycles. The van der Waals surface area contributed by atoms with Gasteiger partial charge in [0.05, 0.1) is 13.2 Å². The third-order valence-corrected chi connectivity index (χ3v) is 7.54. The summed E-state index contributed by atoms with van der Waals surface area (Å²) in [5.41, 5.74) is 1.67. The number of hydrogen-bond donors (Lipinski definition) is 1. The van der Waals surface area contributed by atoms with Gasteiger partial charge in [0.2, 0.25) is 0 Å². The first kappa shape index (κ1) is 22.6. The molecule has 5 heteroatoms. The van der Waals surface area contributed by atoms with Gasteiger partial charge in [-0.25, -0.2) is 0 Å². The van der Waals surface area contributed by atoms with E-state index in [2.05, 4.69) is 23.6 Å². The van der Waals surface area contributed by atoms with E-state index in [0.29, 0.717) is 12.0 Å². The number of amides is 1. The van der Waals surface area contributed by atoms with Crippen molar-refractivity contribution in [1.82, 2.24) is 9.80 Å². The molecule has 1 N–H and O–H groups in total. The lowest BCUT2D eigenvalue weighted by atomic mass is 9.56. The van der Waals surface area contributed by atoms with Crippen molar-refractivity contribution in [2.75, 3.05) is 33.8 Å². The van der Waals surface area contributed by atoms with E-state index in [1.807, 2.05) is 60.5 Å². The first-order valence-corrected chi connectivity index (χ1v) is 11.5. The van der Waals surface area contributed by atoms with Gasteiger partial charge in [0, 0.05) is 43.1 Å². The van der Waals surface area contributed by atoms with E-state index in [1.165, 1.54) is 5.56 Å². The Hall–Kier alpha value is -2.63. The number of aliphatic hydroxyl groups is 1. The number of fused-ring (bicyclic) bond motifs is 1. The quantitative estimate of drug-likeness (QED) is 0.704. The van der Waals surface area contributed by atoms with Gasteiger partial charge in [0.25, 0.3) is 5.91 Å². The van der Waals surface area contributed by atoms with Crippen LogP contribution in [0.15, 0.2) is 67.3 Å². The molecule has 4 atom stereocenters. The van der Waals surface area contributed by atoms with Crippen molar-refractivity contribution in [2.24, 2.45) is 5.92 Å². The first-order chi connectivity index (χ1) is 15.5. The first-order valence-electron chi connectivity index (χ1n) is 11.5. The van der Waals surface area contributed by atoms with Gasteiger partial charge in [-0.1, -0.05) is 36.4 Å². The molecule has 1 amide bonds. The van der Waals surface area contributed by atoms with Gasteiger partial charge in [0.1, 0.15) is 5.75 Å². The van der Waals surface area contributed by atoms with Crippen molar-refractivity contribution in [3.63, 3.8) is 0 Å². The lowest BCUT2D eigenvalue weighted by Gasteiger charge is -2.56. The minimum Gasteiger partial charge on any atom is -0.497 e. The minimum atomic E-state index is -0.487. The number of likely N-dealkylation sites (tertiary alicyclic amines) is 1. The predicted octanol–water partition coefficient (Wildman–Crippen LogP) is 3.74. The van der Waals surface area contributed by atoms with E-state index in [4.69, 9.17) is 4.74 Å². The Morgan fingerprint density at radius 3 is 2.78 bits per heavy atom. The van der Waals surface area contributed by atoms with Gasteiger partial charge < -0.3 is 14.7 Å². The average Bonchev–Trinajstić information content (AvgIpc) is 2.84. The van der Waals surface area contributed by atoms with Crippen molar-refractivity contribution in [3.05, 3.63) is 78.4 Å². The van der Waals surface area contributed by atoms with E-state index in [-0.39, 0.29) is 23.3 Å². The van der Waals surface area contributed by atoms with Crippen LogP contribution in [-0.2, 0) is 5.41 Å². The normalized spacial score (nSPS) is 27.9. The summed E-state index contributed by atoms with van der Waals surface area (Å²) in [6.07, 6.45) is 3.80. The molecule has 170 valence electrons. The summed E-state index contributed by atoms with van der Waals surface area (Å²) in [7, 11) is 3.56. The molecule has 2 aromatic carbocycles. The molecule has 1 saturated carbocycles. The largest absolute Gasteiger partial charge is 0.497 e. The van der Waals surface area contributed by atoms with Crippen molar-refractivity contribution in [1.29, 1.82) is 0 Å². The fourth-order valence-electron chi connectivity index (χ4n) is 5.78. The van der Waals surface area contributed by atoms with E-state index >= 15 is 0 Å². The summed E-state index contributed by atoms with van der Waals surface area (Å²) in [6.45, 7) is 6.49. The molecular formula is C27H34N2O3. The van der Waals surface area contributed by atoms with Crippen LogP contribution < -0.4 is 4.74 Å². The van der Waals surface area contributed by atoms with Crippen LogP contribution in [0.25, 0.3) is 0 Å². The Morgan fingerprint density at radius 1 is 1.28 bits per heavy atom. The van der Waals surface area contributed by atoms with Crippen LogP contribution in [0.3, 0.4) is 0 Å². The number of methoxy groups -OCH3 is 1. The monoisotopic (exact) mass is 434 g/mol. The predicted molar refractivity (Wildman–Crippen MR) is 127 cm³/mol. The maximum atomic E-state index is 13.2. The molecule has 2 fully saturated rings. The van der Waals surface area contributed by atoms with Crippen LogP contribution in [0.5, 0.6) is 5.75 Å². The molecule has 1 aliphatic carbocycles. The zero-order valence-electron chi connectivity index (χ0n) is 19.1. The molecule has 1 saturated heterocycles. The molecular weight excluding hydrogens is 400 g/mol. The number of piperidine rings is 1. The summed E-state index contributed by atoms with van der Waals surface area (Å²) in [5, 5.41) is 11.4. The summed E-state index contributed by atoms with van der Waals surface area (Å²) >= 11 is 0. The van der Waals surface area contributed by atoms with Crippen LogP contribution in [0.1, 0.15) is 35.2 Å². The van der Waals surface area contributed by atoms with Gasteiger partial charge in [-0.05, 0) is 55.6 Å². The number of rotatable bonds is 6. The third-order valence-electron chi connectivity index (χ3n) is 7.54. The van der Waals surface area contributed by atoms with Gasteiger partial charge in [0.15, 0.2) is 0 Å². The number of carbonyl (C=O) groups excluding carboxylic acids is 1. The number of ether oxygens (including phenoxy) is 1. The minimum absolute atomic E-state index is 0.00568. The van der Waals surface area contributed by atoms with Gasteiger partial charge in [-0.3, -0.25) is 9.69 Å². The summed E-state index contributed by atoms with van der Waals surface area (Å²) in [5.74, 6) is 0.931. The molecule has 1 heterocycles. The third kappa shape index (κ3) is 4.19. The SMILES string of the molecule is C=CCN1CCC2(c3cccc(OC)c3)C[C@H](N(C)C(=O)c3ccccc3)CC(O)C2C1. The second kappa shape index (κ2) is 9.47. The Labute approximate surface area is 191 Å². The maximum Gasteiger partial charge on any atom is 0.253 e. The van der Waals surface area contributed by atoms with Crippen molar-refractivity contribution >= 4 is 5.91 Å². The van der Waals surface area contributed by atoms with E-state index < -0.39 is 6.10 Å². The number of hydrogen-bond acceptors (Lipinski definition) is 4. The summed E-state index contributed by atoms with van der Waals surface area (Å²) in [6, 6.07) is 17.6. The smallest absolute Gasteiger partial charge is 0.253 e. The molecule has 1 aliphatic heterocycles. The second-order valence-corrected chi connectivity index (χ2v) is 9.24.